The minimum Gasteiger partial charge on any atom is -0.298 e. The highest BCUT2D eigenvalue weighted by Crippen LogP contribution is 2.28. The van der Waals surface area contributed by atoms with Crippen molar-refractivity contribution in [1.29, 1.82) is 0 Å². The van der Waals surface area contributed by atoms with Crippen LogP contribution in [0.5, 0.6) is 0 Å². The lowest BCUT2D eigenvalue weighted by Gasteiger charge is -2.10. The maximum Gasteiger partial charge on any atom is 0.269 e. The molecule has 6 heteroatoms. The van der Waals surface area contributed by atoms with Gasteiger partial charge in [-0.2, -0.15) is 0 Å². The Labute approximate surface area is 91.2 Å². The van der Waals surface area contributed by atoms with Gasteiger partial charge < -0.3 is 0 Å². The molecule has 1 rings (SSSR count). The van der Waals surface area contributed by atoms with Gasteiger partial charge in [-0.15, -0.1) is 0 Å². The summed E-state index contributed by atoms with van der Waals surface area (Å²) in [5.41, 5.74) is 0. The summed E-state index contributed by atoms with van der Waals surface area (Å²) in [6.07, 6.45) is 0. The SMILES string of the molecule is CC(=O)CN1C(=O)C(Br)=C(Br)C1=O. The fraction of sp³-hybridized carbons (Fsp3) is 0.286. The number of carbonyl (C=O) groups is 3. The molecule has 0 aromatic carbocycles. The molecule has 0 unspecified atom stereocenters. The lowest BCUT2D eigenvalue weighted by Crippen LogP contribution is -2.35. The number of rotatable bonds is 2. The molecule has 0 spiro atoms. The molecule has 0 saturated heterocycles. The van der Waals surface area contributed by atoms with Crippen LogP contribution in [0.15, 0.2) is 8.96 Å². The van der Waals surface area contributed by atoms with Gasteiger partial charge in [-0.3, -0.25) is 19.3 Å². The Bertz CT molecular complexity index is 311. The van der Waals surface area contributed by atoms with Gasteiger partial charge in [-0.1, -0.05) is 0 Å². The molecule has 0 atom stereocenters. The molecule has 0 aromatic heterocycles. The molecular weight excluding hydrogens is 306 g/mol. The summed E-state index contributed by atoms with van der Waals surface area (Å²) >= 11 is 5.90. The van der Waals surface area contributed by atoms with Gasteiger partial charge in [0, 0.05) is 0 Å². The topological polar surface area (TPSA) is 54.5 Å². The molecule has 4 nitrogen and oxygen atoms in total. The van der Waals surface area contributed by atoms with Crippen molar-refractivity contribution in [3.63, 3.8) is 0 Å². The number of hydrogen-bond acceptors (Lipinski definition) is 3. The Morgan fingerprint density at radius 3 is 1.92 bits per heavy atom. The van der Waals surface area contributed by atoms with Gasteiger partial charge in [0.15, 0.2) is 0 Å². The Kier molecular flexibility index (Phi) is 3.02. The van der Waals surface area contributed by atoms with Crippen molar-refractivity contribution in [2.75, 3.05) is 6.54 Å². The van der Waals surface area contributed by atoms with Crippen molar-refractivity contribution in [3.05, 3.63) is 8.96 Å². The summed E-state index contributed by atoms with van der Waals surface area (Å²) in [4.78, 5) is 34.2. The van der Waals surface area contributed by atoms with E-state index < -0.39 is 11.8 Å². The average Bonchev–Trinajstić information content (AvgIpc) is 2.22. The monoisotopic (exact) mass is 309 g/mol. The number of Topliss-reactive ketones (excluding diaryl/α,β-unsaturated/α-hetero) is 1. The van der Waals surface area contributed by atoms with Gasteiger partial charge >= 0.3 is 0 Å². The smallest absolute Gasteiger partial charge is 0.269 e. The van der Waals surface area contributed by atoms with Crippen LogP contribution in [-0.4, -0.2) is 29.0 Å². The minimum atomic E-state index is -0.480. The van der Waals surface area contributed by atoms with Crippen LogP contribution in [-0.2, 0) is 14.4 Å². The van der Waals surface area contributed by atoms with E-state index in [-0.39, 0.29) is 21.3 Å². The summed E-state index contributed by atoms with van der Waals surface area (Å²) in [7, 11) is 0. The van der Waals surface area contributed by atoms with E-state index in [0.29, 0.717) is 0 Å². The third-order valence-corrected chi connectivity index (χ3v) is 3.44. The fourth-order valence-corrected chi connectivity index (χ4v) is 1.65. The highest BCUT2D eigenvalue weighted by Gasteiger charge is 2.36. The van der Waals surface area contributed by atoms with Gasteiger partial charge in [-0.05, 0) is 38.8 Å². The van der Waals surface area contributed by atoms with Crippen molar-refractivity contribution >= 4 is 49.5 Å². The molecule has 0 N–H and O–H groups in total. The zero-order valence-corrected chi connectivity index (χ0v) is 9.81. The Morgan fingerprint density at radius 2 is 1.62 bits per heavy atom. The summed E-state index contributed by atoms with van der Waals surface area (Å²) in [6, 6.07) is 0. The van der Waals surface area contributed by atoms with Crippen LogP contribution in [0.1, 0.15) is 6.92 Å². The van der Waals surface area contributed by atoms with Gasteiger partial charge in [0.1, 0.15) is 14.7 Å². The van der Waals surface area contributed by atoms with E-state index in [4.69, 9.17) is 0 Å². The van der Waals surface area contributed by atoms with Crippen LogP contribution >= 0.6 is 31.9 Å². The average molecular weight is 311 g/mol. The first kappa shape index (κ1) is 10.6. The Morgan fingerprint density at radius 1 is 1.23 bits per heavy atom. The Hall–Kier alpha value is -0.490. The van der Waals surface area contributed by atoms with E-state index in [1.165, 1.54) is 6.92 Å². The van der Waals surface area contributed by atoms with E-state index in [1.54, 1.807) is 0 Å². The molecule has 2 amide bonds. The second-order valence-corrected chi connectivity index (χ2v) is 4.11. The van der Waals surface area contributed by atoms with Crippen LogP contribution < -0.4 is 0 Å². The zero-order valence-electron chi connectivity index (χ0n) is 6.63. The van der Waals surface area contributed by atoms with E-state index in [9.17, 15) is 14.4 Å². The van der Waals surface area contributed by atoms with Crippen molar-refractivity contribution in [3.8, 4) is 0 Å². The zero-order chi connectivity index (χ0) is 10.2. The number of nitrogens with zero attached hydrogens (tertiary/aromatic N) is 1. The van der Waals surface area contributed by atoms with Crippen molar-refractivity contribution in [2.45, 2.75) is 6.92 Å². The normalized spacial score (nSPS) is 17.3. The van der Waals surface area contributed by atoms with Crippen LogP contribution in [0, 0.1) is 0 Å². The molecule has 1 heterocycles. The van der Waals surface area contributed by atoms with E-state index >= 15 is 0 Å². The summed E-state index contributed by atoms with van der Waals surface area (Å²) in [5.74, 6) is -1.19. The predicted molar refractivity (Wildman–Crippen MR) is 52.3 cm³/mol. The number of carbonyl (C=O) groups excluding carboxylic acids is 3. The molecule has 0 aliphatic carbocycles. The lowest BCUT2D eigenvalue weighted by molar-refractivity contribution is -0.140. The summed E-state index contributed by atoms with van der Waals surface area (Å²) < 4.78 is 0.331. The first-order chi connectivity index (χ1) is 5.95. The van der Waals surface area contributed by atoms with Crippen LogP contribution in [0.2, 0.25) is 0 Å². The second-order valence-electron chi connectivity index (χ2n) is 2.53. The largest absolute Gasteiger partial charge is 0.298 e. The third kappa shape index (κ3) is 1.88. The summed E-state index contributed by atoms with van der Waals surface area (Å²) in [5, 5.41) is 0. The maximum atomic E-state index is 11.3. The highest BCUT2D eigenvalue weighted by molar-refractivity contribution is 9.14. The number of amides is 2. The highest BCUT2D eigenvalue weighted by atomic mass is 79.9. The predicted octanol–water partition coefficient (Wildman–Crippen LogP) is 0.946. The molecule has 0 aromatic rings. The van der Waals surface area contributed by atoms with E-state index in [2.05, 4.69) is 31.9 Å². The molecule has 1 aliphatic rings. The molecule has 0 fully saturated rings. The molecule has 13 heavy (non-hydrogen) atoms. The molecule has 0 radical (unpaired) electrons. The van der Waals surface area contributed by atoms with Crippen LogP contribution in [0.3, 0.4) is 0 Å². The lowest BCUT2D eigenvalue weighted by atomic mass is 10.4. The molecular formula is C7H5Br2NO3. The van der Waals surface area contributed by atoms with Gasteiger partial charge in [0.05, 0.1) is 6.54 Å². The maximum absolute atomic E-state index is 11.3. The van der Waals surface area contributed by atoms with Crippen LogP contribution in [0.4, 0.5) is 0 Å². The van der Waals surface area contributed by atoms with Gasteiger partial charge in [0.2, 0.25) is 0 Å². The van der Waals surface area contributed by atoms with Crippen molar-refractivity contribution < 1.29 is 14.4 Å². The fourth-order valence-electron chi connectivity index (χ4n) is 0.883. The Balaban J connectivity index is 2.91. The first-order valence-electron chi connectivity index (χ1n) is 3.36. The quantitative estimate of drug-likeness (QED) is 0.714. The number of halogens is 2. The number of ketones is 1. The van der Waals surface area contributed by atoms with Crippen molar-refractivity contribution in [1.82, 2.24) is 4.90 Å². The second kappa shape index (κ2) is 3.71. The van der Waals surface area contributed by atoms with Crippen molar-refractivity contribution in [2.24, 2.45) is 0 Å². The standard InChI is InChI=1S/C7H5Br2NO3/c1-3(11)2-10-6(12)4(8)5(9)7(10)13/h2H2,1H3. The van der Waals surface area contributed by atoms with Gasteiger partial charge in [0.25, 0.3) is 11.8 Å². The molecule has 0 bridgehead atoms. The minimum absolute atomic E-state index is 0.166. The van der Waals surface area contributed by atoms with E-state index in [0.717, 1.165) is 4.90 Å². The van der Waals surface area contributed by atoms with Crippen LogP contribution in [0.25, 0.3) is 0 Å². The third-order valence-electron chi connectivity index (χ3n) is 1.44. The molecule has 0 saturated carbocycles. The number of imide groups is 1. The van der Waals surface area contributed by atoms with Gasteiger partial charge in [-0.25, -0.2) is 0 Å². The summed E-state index contributed by atoms with van der Waals surface area (Å²) in [6.45, 7) is 1.14. The molecule has 1 aliphatic heterocycles. The number of hydrogen-bond donors (Lipinski definition) is 0. The molecule has 70 valence electrons. The van der Waals surface area contributed by atoms with E-state index in [1.807, 2.05) is 0 Å². The first-order valence-corrected chi connectivity index (χ1v) is 4.94.